The number of hydrogen-bond donors (Lipinski definition) is 1. The van der Waals surface area contributed by atoms with Gasteiger partial charge in [-0.25, -0.2) is 9.78 Å². The van der Waals surface area contributed by atoms with Crippen LogP contribution in [0, 0.1) is 0 Å². The molecular formula is C18H17ClF3N3O2S. The fourth-order valence-electron chi connectivity index (χ4n) is 3.60. The van der Waals surface area contributed by atoms with Gasteiger partial charge in [-0.05, 0) is 24.5 Å². The number of carbonyl (C=O) groups excluding carboxylic acids is 1. The number of hydrogen-bond acceptors (Lipinski definition) is 4. The molecule has 10 heteroatoms. The van der Waals surface area contributed by atoms with Crippen molar-refractivity contribution >= 4 is 34.1 Å². The molecular weight excluding hydrogens is 415 g/mol. The van der Waals surface area contributed by atoms with Crippen LogP contribution in [0.15, 0.2) is 23.6 Å². The Labute approximate surface area is 168 Å². The van der Waals surface area contributed by atoms with E-state index in [4.69, 9.17) is 16.3 Å². The predicted octanol–water partition coefficient (Wildman–Crippen LogP) is 5.21. The van der Waals surface area contributed by atoms with Crippen LogP contribution in [-0.2, 0) is 12.6 Å². The minimum Gasteiger partial charge on any atom is -0.485 e. The van der Waals surface area contributed by atoms with Gasteiger partial charge in [-0.3, -0.25) is 5.32 Å². The number of likely N-dealkylation sites (tertiary alicyclic amines) is 1. The summed E-state index contributed by atoms with van der Waals surface area (Å²) < 4.78 is 44.1. The number of nitrogens with one attached hydrogen (secondary N) is 1. The van der Waals surface area contributed by atoms with Gasteiger partial charge in [0.05, 0.1) is 5.02 Å². The summed E-state index contributed by atoms with van der Waals surface area (Å²) in [5, 5.41) is 3.86. The minimum atomic E-state index is -4.52. The van der Waals surface area contributed by atoms with Crippen molar-refractivity contribution in [2.45, 2.75) is 37.5 Å². The fraction of sp³-hybridized carbons (Fsp3) is 0.444. The first-order valence-corrected chi connectivity index (χ1v) is 10.1. The molecule has 3 heterocycles. The maximum atomic E-state index is 12.6. The molecule has 1 aromatic carbocycles. The lowest BCUT2D eigenvalue weighted by atomic mass is 9.83. The lowest BCUT2D eigenvalue weighted by Crippen LogP contribution is -2.52. The van der Waals surface area contributed by atoms with Gasteiger partial charge >= 0.3 is 12.2 Å². The first-order chi connectivity index (χ1) is 13.3. The number of thiazole rings is 1. The summed E-state index contributed by atoms with van der Waals surface area (Å²) >= 11 is 7.02. The molecule has 28 heavy (non-hydrogen) atoms. The Hall–Kier alpha value is -2.00. The number of amides is 2. The molecule has 0 atom stereocenters. The third kappa shape index (κ3) is 3.77. The van der Waals surface area contributed by atoms with Gasteiger partial charge in [0, 0.05) is 31.3 Å². The van der Waals surface area contributed by atoms with Crippen LogP contribution in [0.5, 0.6) is 5.75 Å². The first kappa shape index (κ1) is 19.3. The van der Waals surface area contributed by atoms with Crippen molar-refractivity contribution in [2.24, 2.45) is 0 Å². The third-order valence-corrected chi connectivity index (χ3v) is 6.24. The number of piperidine rings is 1. The number of urea groups is 1. The Bertz CT molecular complexity index is 894. The smallest absolute Gasteiger partial charge is 0.434 e. The lowest BCUT2D eigenvalue weighted by Gasteiger charge is -2.44. The van der Waals surface area contributed by atoms with E-state index in [1.54, 1.807) is 11.0 Å². The maximum absolute atomic E-state index is 12.6. The fourth-order valence-corrected chi connectivity index (χ4v) is 4.54. The van der Waals surface area contributed by atoms with Crippen LogP contribution in [0.25, 0.3) is 0 Å². The molecule has 1 spiro atoms. The van der Waals surface area contributed by atoms with Crippen molar-refractivity contribution in [3.8, 4) is 5.75 Å². The van der Waals surface area contributed by atoms with Crippen LogP contribution < -0.4 is 10.1 Å². The molecule has 2 aliphatic heterocycles. The zero-order valence-corrected chi connectivity index (χ0v) is 16.3. The Morgan fingerprint density at radius 3 is 2.71 bits per heavy atom. The largest absolute Gasteiger partial charge is 0.485 e. The maximum Gasteiger partial charge on any atom is 0.434 e. The summed E-state index contributed by atoms with van der Waals surface area (Å²) in [5.74, 6) is 0.718. The van der Waals surface area contributed by atoms with Gasteiger partial charge in [-0.15, -0.1) is 11.3 Å². The standard InChI is InChI=1S/C18H17ClF3N3O2S/c19-12-3-1-2-11-4-5-17(27-14(11)12)6-8-25(9-7-17)16(26)24-15-23-13(10-28-15)18(20,21)22/h1-3,10H,4-9H2,(H,23,24,26). The van der Waals surface area contributed by atoms with Crippen molar-refractivity contribution in [3.05, 3.63) is 39.9 Å². The SMILES string of the molecule is O=C(Nc1nc(C(F)(F)F)cs1)N1CCC2(CCc3cccc(Cl)c3O2)CC1. The molecule has 0 aliphatic carbocycles. The highest BCUT2D eigenvalue weighted by atomic mass is 35.5. The summed E-state index contributed by atoms with van der Waals surface area (Å²) in [5.41, 5.74) is -0.279. The molecule has 0 saturated carbocycles. The van der Waals surface area contributed by atoms with Gasteiger partial charge in [0.2, 0.25) is 0 Å². The van der Waals surface area contributed by atoms with Gasteiger partial charge in [0.15, 0.2) is 10.8 Å². The molecule has 2 aliphatic rings. The Balaban J connectivity index is 1.37. The number of para-hydroxylation sites is 1. The first-order valence-electron chi connectivity index (χ1n) is 8.81. The summed E-state index contributed by atoms with van der Waals surface area (Å²) in [6, 6.07) is 5.25. The number of aryl methyl sites for hydroxylation is 1. The van der Waals surface area contributed by atoms with E-state index in [1.165, 1.54) is 0 Å². The molecule has 2 amide bonds. The number of aromatic nitrogens is 1. The van der Waals surface area contributed by atoms with E-state index in [0.29, 0.717) is 31.0 Å². The number of fused-ring (bicyclic) bond motifs is 1. The van der Waals surface area contributed by atoms with E-state index in [-0.39, 0.29) is 10.7 Å². The zero-order valence-electron chi connectivity index (χ0n) is 14.7. The van der Waals surface area contributed by atoms with Gasteiger partial charge in [-0.2, -0.15) is 13.2 Å². The van der Waals surface area contributed by atoms with Crippen molar-refractivity contribution in [3.63, 3.8) is 0 Å². The van der Waals surface area contributed by atoms with E-state index in [9.17, 15) is 18.0 Å². The van der Waals surface area contributed by atoms with Crippen LogP contribution in [0.3, 0.4) is 0 Å². The number of anilines is 1. The van der Waals surface area contributed by atoms with Crippen LogP contribution in [0.2, 0.25) is 5.02 Å². The number of rotatable bonds is 1. The van der Waals surface area contributed by atoms with E-state index in [1.807, 2.05) is 12.1 Å². The number of nitrogens with zero attached hydrogens (tertiary/aromatic N) is 2. The van der Waals surface area contributed by atoms with Crippen LogP contribution in [0.4, 0.5) is 23.1 Å². The molecule has 1 aromatic heterocycles. The Morgan fingerprint density at radius 2 is 2.04 bits per heavy atom. The Kier molecular flexibility index (Phi) is 4.91. The predicted molar refractivity (Wildman–Crippen MR) is 100 cm³/mol. The molecule has 150 valence electrons. The molecule has 5 nitrogen and oxygen atoms in total. The van der Waals surface area contributed by atoms with E-state index in [0.717, 1.165) is 40.9 Å². The summed E-state index contributed by atoms with van der Waals surface area (Å²) in [7, 11) is 0. The van der Waals surface area contributed by atoms with Gasteiger partial charge in [0.1, 0.15) is 11.4 Å². The Morgan fingerprint density at radius 1 is 1.29 bits per heavy atom. The molecule has 0 bridgehead atoms. The van der Waals surface area contributed by atoms with Crippen molar-refractivity contribution in [1.82, 2.24) is 9.88 Å². The highest BCUT2D eigenvalue weighted by Crippen LogP contribution is 2.42. The van der Waals surface area contributed by atoms with E-state index < -0.39 is 17.9 Å². The van der Waals surface area contributed by atoms with Gasteiger partial charge in [-0.1, -0.05) is 23.7 Å². The van der Waals surface area contributed by atoms with Crippen LogP contribution in [0.1, 0.15) is 30.5 Å². The number of halogens is 4. The average molecular weight is 432 g/mol. The summed E-state index contributed by atoms with van der Waals surface area (Å²) in [6.45, 7) is 0.895. The second-order valence-corrected chi connectivity index (χ2v) is 8.23. The molecule has 0 radical (unpaired) electrons. The second-order valence-electron chi connectivity index (χ2n) is 6.97. The summed E-state index contributed by atoms with van der Waals surface area (Å²) in [6.07, 6.45) is -1.54. The molecule has 1 saturated heterocycles. The van der Waals surface area contributed by atoms with Crippen molar-refractivity contribution in [1.29, 1.82) is 0 Å². The molecule has 1 fully saturated rings. The van der Waals surface area contributed by atoms with Crippen molar-refractivity contribution in [2.75, 3.05) is 18.4 Å². The topological polar surface area (TPSA) is 54.5 Å². The zero-order chi connectivity index (χ0) is 19.9. The average Bonchev–Trinajstić information content (AvgIpc) is 3.12. The normalized spacial score (nSPS) is 18.5. The van der Waals surface area contributed by atoms with E-state index >= 15 is 0 Å². The van der Waals surface area contributed by atoms with Crippen LogP contribution in [-0.4, -0.2) is 34.6 Å². The second kappa shape index (κ2) is 7.11. The lowest BCUT2D eigenvalue weighted by molar-refractivity contribution is -0.140. The molecule has 2 aromatic rings. The summed E-state index contributed by atoms with van der Waals surface area (Å²) in [4.78, 5) is 17.4. The van der Waals surface area contributed by atoms with Crippen molar-refractivity contribution < 1.29 is 22.7 Å². The number of alkyl halides is 3. The highest BCUT2D eigenvalue weighted by Gasteiger charge is 2.41. The molecule has 0 unspecified atom stereocenters. The minimum absolute atomic E-state index is 0.0627. The number of carbonyl (C=O) groups is 1. The van der Waals surface area contributed by atoms with Gasteiger partial charge in [0.25, 0.3) is 0 Å². The number of ether oxygens (including phenoxy) is 1. The van der Waals surface area contributed by atoms with E-state index in [2.05, 4.69) is 10.3 Å². The third-order valence-electron chi connectivity index (χ3n) is 5.19. The van der Waals surface area contributed by atoms with Crippen LogP contribution >= 0.6 is 22.9 Å². The highest BCUT2D eigenvalue weighted by molar-refractivity contribution is 7.13. The molecule has 1 N–H and O–H groups in total. The number of benzene rings is 1. The van der Waals surface area contributed by atoms with Gasteiger partial charge < -0.3 is 9.64 Å². The quantitative estimate of drug-likeness (QED) is 0.674. The molecule has 4 rings (SSSR count). The monoisotopic (exact) mass is 431 g/mol.